The van der Waals surface area contributed by atoms with E-state index >= 15 is 0 Å². The topological polar surface area (TPSA) is 29.5 Å². The van der Waals surface area contributed by atoms with Crippen molar-refractivity contribution in [1.82, 2.24) is 0 Å². The molecular weight excluding hydrogens is 286 g/mol. The van der Waals surface area contributed by atoms with Crippen molar-refractivity contribution in [2.45, 2.75) is 19.6 Å². The second-order valence-electron chi connectivity index (χ2n) is 4.36. The summed E-state index contributed by atoms with van der Waals surface area (Å²) in [6.07, 6.45) is -0.810. The summed E-state index contributed by atoms with van der Waals surface area (Å²) < 4.78 is 32.3. The van der Waals surface area contributed by atoms with Crippen molar-refractivity contribution in [1.29, 1.82) is 0 Å². The average Bonchev–Trinajstić information content (AvgIpc) is 2.40. The molecule has 1 unspecified atom stereocenters. The summed E-state index contributed by atoms with van der Waals surface area (Å²) in [4.78, 5) is 0. The van der Waals surface area contributed by atoms with Gasteiger partial charge in [0.1, 0.15) is 24.0 Å². The molecule has 106 valence electrons. The predicted molar refractivity (Wildman–Crippen MR) is 72.8 cm³/mol. The number of aliphatic hydroxyl groups is 1. The van der Waals surface area contributed by atoms with Gasteiger partial charge in [-0.15, -0.1) is 0 Å². The van der Waals surface area contributed by atoms with Crippen LogP contribution in [0, 0.1) is 11.6 Å². The molecule has 5 heteroatoms. The number of hydrogen-bond acceptors (Lipinski definition) is 2. The molecule has 0 saturated carbocycles. The molecule has 0 spiro atoms. The average molecular weight is 299 g/mol. The van der Waals surface area contributed by atoms with Gasteiger partial charge in [-0.25, -0.2) is 8.78 Å². The second kappa shape index (κ2) is 6.20. The fourth-order valence-electron chi connectivity index (χ4n) is 1.79. The third kappa shape index (κ3) is 3.26. The third-order valence-electron chi connectivity index (χ3n) is 2.84. The summed E-state index contributed by atoms with van der Waals surface area (Å²) in [5, 5.41) is 9.59. The first-order valence-electron chi connectivity index (χ1n) is 6.02. The fraction of sp³-hybridized carbons (Fsp3) is 0.200. The van der Waals surface area contributed by atoms with E-state index in [0.717, 1.165) is 6.07 Å². The highest BCUT2D eigenvalue weighted by molar-refractivity contribution is 6.30. The van der Waals surface area contributed by atoms with E-state index in [0.29, 0.717) is 5.56 Å². The Balaban J connectivity index is 2.22. The quantitative estimate of drug-likeness (QED) is 0.914. The van der Waals surface area contributed by atoms with Gasteiger partial charge in [-0.3, -0.25) is 0 Å². The molecule has 0 amide bonds. The van der Waals surface area contributed by atoms with Gasteiger partial charge in [0.15, 0.2) is 0 Å². The van der Waals surface area contributed by atoms with E-state index in [1.807, 2.05) is 0 Å². The van der Waals surface area contributed by atoms with E-state index in [2.05, 4.69) is 0 Å². The minimum Gasteiger partial charge on any atom is -0.488 e. The van der Waals surface area contributed by atoms with Crippen LogP contribution in [0.1, 0.15) is 24.2 Å². The Morgan fingerprint density at radius 3 is 2.70 bits per heavy atom. The minimum absolute atomic E-state index is 0.00101. The highest BCUT2D eigenvalue weighted by Gasteiger charge is 2.12. The van der Waals surface area contributed by atoms with Crippen LogP contribution in [0.5, 0.6) is 5.75 Å². The Labute approximate surface area is 120 Å². The molecule has 0 saturated heterocycles. The Hall–Kier alpha value is -1.65. The summed E-state index contributed by atoms with van der Waals surface area (Å²) in [7, 11) is 0. The lowest BCUT2D eigenvalue weighted by atomic mass is 10.1. The molecule has 2 nitrogen and oxygen atoms in total. The number of aliphatic hydroxyl groups excluding tert-OH is 1. The van der Waals surface area contributed by atoms with Crippen molar-refractivity contribution < 1.29 is 18.6 Å². The van der Waals surface area contributed by atoms with Crippen LogP contribution in [0.4, 0.5) is 8.78 Å². The zero-order valence-electron chi connectivity index (χ0n) is 10.7. The lowest BCUT2D eigenvalue weighted by Gasteiger charge is -2.14. The first-order chi connectivity index (χ1) is 9.49. The van der Waals surface area contributed by atoms with Crippen molar-refractivity contribution in [3.8, 4) is 5.75 Å². The van der Waals surface area contributed by atoms with Crippen molar-refractivity contribution in [2.75, 3.05) is 0 Å². The first kappa shape index (κ1) is 14.8. The zero-order valence-corrected chi connectivity index (χ0v) is 11.5. The Bertz CT molecular complexity index is 615. The van der Waals surface area contributed by atoms with Crippen molar-refractivity contribution in [3.63, 3.8) is 0 Å². The molecule has 0 aliphatic heterocycles. The maximum absolute atomic E-state index is 13.7. The lowest BCUT2D eigenvalue weighted by molar-refractivity contribution is 0.189. The third-order valence-corrected chi connectivity index (χ3v) is 3.13. The molecule has 0 radical (unpaired) electrons. The molecule has 20 heavy (non-hydrogen) atoms. The highest BCUT2D eigenvalue weighted by Crippen LogP contribution is 2.27. The molecule has 2 aromatic carbocycles. The summed E-state index contributed by atoms with van der Waals surface area (Å²) in [6.45, 7) is 1.44. The maximum atomic E-state index is 13.7. The van der Waals surface area contributed by atoms with Crippen LogP contribution in [0.3, 0.4) is 0 Å². The van der Waals surface area contributed by atoms with Crippen LogP contribution >= 0.6 is 11.6 Å². The zero-order chi connectivity index (χ0) is 14.7. The van der Waals surface area contributed by atoms with E-state index in [4.69, 9.17) is 16.3 Å². The van der Waals surface area contributed by atoms with Gasteiger partial charge < -0.3 is 9.84 Å². The molecule has 2 rings (SSSR count). The fourth-order valence-corrected chi connectivity index (χ4v) is 1.99. The highest BCUT2D eigenvalue weighted by atomic mass is 35.5. The summed E-state index contributed by atoms with van der Waals surface area (Å²) in [6, 6.07) is 8.39. The van der Waals surface area contributed by atoms with Gasteiger partial charge >= 0.3 is 0 Å². The van der Waals surface area contributed by atoms with Crippen LogP contribution in [-0.4, -0.2) is 5.11 Å². The normalized spacial score (nSPS) is 12.2. The molecule has 0 aromatic heterocycles. The Kier molecular flexibility index (Phi) is 4.57. The van der Waals surface area contributed by atoms with Crippen LogP contribution in [0.2, 0.25) is 5.02 Å². The molecular formula is C15H13ClF2O2. The molecule has 0 bridgehead atoms. The number of ether oxygens (including phenoxy) is 1. The van der Waals surface area contributed by atoms with Gasteiger partial charge in [-0.2, -0.15) is 0 Å². The van der Waals surface area contributed by atoms with E-state index in [9.17, 15) is 13.9 Å². The standard InChI is InChI=1S/C15H13ClF2O2/c1-9(19)12-6-5-11(17)7-14(12)20-8-10-3-2-4-13(16)15(10)18/h2-7,9,19H,8H2,1H3. The molecule has 0 fully saturated rings. The predicted octanol–water partition coefficient (Wildman–Crippen LogP) is 4.25. The first-order valence-corrected chi connectivity index (χ1v) is 6.40. The van der Waals surface area contributed by atoms with E-state index in [-0.39, 0.29) is 22.9 Å². The van der Waals surface area contributed by atoms with E-state index < -0.39 is 17.7 Å². The number of hydrogen-bond donors (Lipinski definition) is 1. The number of rotatable bonds is 4. The van der Waals surface area contributed by atoms with E-state index in [1.54, 1.807) is 13.0 Å². The second-order valence-corrected chi connectivity index (χ2v) is 4.77. The number of benzene rings is 2. The molecule has 0 heterocycles. The van der Waals surface area contributed by atoms with Gasteiger partial charge in [-0.05, 0) is 25.1 Å². The minimum atomic E-state index is -0.810. The molecule has 1 N–H and O–H groups in total. The lowest BCUT2D eigenvalue weighted by Crippen LogP contribution is -2.03. The van der Waals surface area contributed by atoms with Crippen LogP contribution < -0.4 is 4.74 Å². The summed E-state index contributed by atoms with van der Waals surface area (Å²) >= 11 is 5.67. The van der Waals surface area contributed by atoms with Gasteiger partial charge in [-0.1, -0.05) is 23.7 Å². The molecule has 2 aromatic rings. The van der Waals surface area contributed by atoms with Gasteiger partial charge in [0, 0.05) is 17.2 Å². The molecule has 1 atom stereocenters. The van der Waals surface area contributed by atoms with Gasteiger partial charge in [0.05, 0.1) is 11.1 Å². The Morgan fingerprint density at radius 2 is 2.00 bits per heavy atom. The van der Waals surface area contributed by atoms with Crippen molar-refractivity contribution >= 4 is 11.6 Å². The monoisotopic (exact) mass is 298 g/mol. The van der Waals surface area contributed by atoms with Gasteiger partial charge in [0.2, 0.25) is 0 Å². The maximum Gasteiger partial charge on any atom is 0.148 e. The van der Waals surface area contributed by atoms with E-state index in [1.165, 1.54) is 24.3 Å². The molecule has 0 aliphatic rings. The van der Waals surface area contributed by atoms with Crippen molar-refractivity contribution in [2.24, 2.45) is 0 Å². The van der Waals surface area contributed by atoms with Crippen LogP contribution in [-0.2, 0) is 6.61 Å². The Morgan fingerprint density at radius 1 is 1.25 bits per heavy atom. The SMILES string of the molecule is CC(O)c1ccc(F)cc1OCc1cccc(Cl)c1F. The van der Waals surface area contributed by atoms with Crippen LogP contribution in [0.15, 0.2) is 36.4 Å². The summed E-state index contributed by atoms with van der Waals surface area (Å²) in [5.41, 5.74) is 0.701. The smallest absolute Gasteiger partial charge is 0.148 e. The summed E-state index contributed by atoms with van der Waals surface area (Å²) in [5.74, 6) is -0.875. The van der Waals surface area contributed by atoms with Gasteiger partial charge in [0.25, 0.3) is 0 Å². The van der Waals surface area contributed by atoms with Crippen molar-refractivity contribution in [3.05, 3.63) is 64.2 Å². The number of halogens is 3. The molecule has 0 aliphatic carbocycles. The van der Waals surface area contributed by atoms with Crippen LogP contribution in [0.25, 0.3) is 0 Å². The largest absolute Gasteiger partial charge is 0.488 e.